The first-order valence-corrected chi connectivity index (χ1v) is 3.04. The van der Waals surface area contributed by atoms with E-state index in [1.807, 2.05) is 0 Å². The summed E-state index contributed by atoms with van der Waals surface area (Å²) >= 11 is 0. The fraction of sp³-hybridized carbons (Fsp3) is 0.600. The molecule has 0 amide bonds. The highest BCUT2D eigenvalue weighted by atomic mass is 16.4. The number of hydrogen-bond donors (Lipinski definition) is 5. The molecule has 0 rings (SSSR count). The highest BCUT2D eigenvalue weighted by molar-refractivity contribution is 5.85. The maximum atomic E-state index is 10.5. The first-order chi connectivity index (χ1) is 5.48. The Balaban J connectivity index is 4.83. The number of hydrogen-bond acceptors (Lipinski definition) is 4. The highest BCUT2D eigenvalue weighted by Gasteiger charge is 2.37. The fourth-order valence-corrected chi connectivity index (χ4v) is 0.551. The average molecular weight is 177 g/mol. The van der Waals surface area contributed by atoms with Crippen LogP contribution in [-0.2, 0) is 4.79 Å². The molecule has 0 fully saturated rings. The summed E-state index contributed by atoms with van der Waals surface area (Å²) in [5, 5.41) is 25.8. The third-order valence-corrected chi connectivity index (χ3v) is 1.26. The number of nitrogens with zero attached hydrogens (tertiary/aromatic N) is 1. The van der Waals surface area contributed by atoms with Crippen molar-refractivity contribution in [1.82, 2.24) is 0 Å². The van der Waals surface area contributed by atoms with E-state index in [0.717, 1.165) is 0 Å². The molecule has 0 radical (unpaired) electrons. The molecule has 0 saturated heterocycles. The van der Waals surface area contributed by atoms with Gasteiger partial charge in [0.05, 0.1) is 13.2 Å². The minimum atomic E-state index is -2.03. The molecule has 0 unspecified atom stereocenters. The van der Waals surface area contributed by atoms with Gasteiger partial charge in [-0.15, -0.1) is 0 Å². The first kappa shape index (κ1) is 10.7. The molecule has 70 valence electrons. The summed E-state index contributed by atoms with van der Waals surface area (Å²) in [5.74, 6) is -1.98. The summed E-state index contributed by atoms with van der Waals surface area (Å²) in [6.07, 6.45) is 0. The van der Waals surface area contributed by atoms with Crippen LogP contribution in [0.15, 0.2) is 4.99 Å². The summed E-state index contributed by atoms with van der Waals surface area (Å²) in [4.78, 5) is 13.7. The molecule has 0 aliphatic rings. The first-order valence-electron chi connectivity index (χ1n) is 3.04. The molecule has 0 aliphatic heterocycles. The van der Waals surface area contributed by atoms with Crippen LogP contribution in [0.4, 0.5) is 0 Å². The number of carbonyl (C=O) groups is 1. The molecule has 0 aromatic carbocycles. The topological polar surface area (TPSA) is 142 Å². The second-order valence-corrected chi connectivity index (χ2v) is 2.19. The highest BCUT2D eigenvalue weighted by Crippen LogP contribution is 2.08. The van der Waals surface area contributed by atoms with Crippen LogP contribution in [0.5, 0.6) is 0 Å². The molecular weight excluding hydrogens is 166 g/mol. The molecule has 0 atom stereocenters. The predicted molar refractivity (Wildman–Crippen MR) is 40.3 cm³/mol. The van der Waals surface area contributed by atoms with Crippen LogP contribution < -0.4 is 11.5 Å². The Bertz CT molecular complexity index is 195. The Morgan fingerprint density at radius 2 is 1.75 bits per heavy atom. The van der Waals surface area contributed by atoms with Crippen LogP contribution in [0.1, 0.15) is 0 Å². The lowest BCUT2D eigenvalue weighted by atomic mass is 10.0. The van der Waals surface area contributed by atoms with Gasteiger partial charge < -0.3 is 26.8 Å². The molecule has 0 aromatic rings. The number of carboxylic acids is 1. The molecule has 0 spiro atoms. The van der Waals surface area contributed by atoms with Crippen LogP contribution in [-0.4, -0.2) is 46.0 Å². The monoisotopic (exact) mass is 177 g/mol. The molecule has 7 nitrogen and oxygen atoms in total. The van der Waals surface area contributed by atoms with Crippen molar-refractivity contribution in [2.75, 3.05) is 13.2 Å². The zero-order chi connectivity index (χ0) is 9.78. The molecule has 0 bridgehead atoms. The van der Waals surface area contributed by atoms with Crippen LogP contribution in [0.3, 0.4) is 0 Å². The molecule has 0 heterocycles. The fourth-order valence-electron chi connectivity index (χ4n) is 0.551. The third-order valence-electron chi connectivity index (χ3n) is 1.26. The van der Waals surface area contributed by atoms with Crippen molar-refractivity contribution in [3.63, 3.8) is 0 Å². The average Bonchev–Trinajstić information content (AvgIpc) is 1.99. The van der Waals surface area contributed by atoms with Gasteiger partial charge in [0.1, 0.15) is 0 Å². The normalized spacial score (nSPS) is 10.8. The van der Waals surface area contributed by atoms with E-state index >= 15 is 0 Å². The van der Waals surface area contributed by atoms with E-state index in [4.69, 9.17) is 26.8 Å². The van der Waals surface area contributed by atoms with E-state index in [0.29, 0.717) is 0 Å². The van der Waals surface area contributed by atoms with Gasteiger partial charge in [0.2, 0.25) is 5.54 Å². The third kappa shape index (κ3) is 2.07. The Labute approximate surface area is 68.3 Å². The molecular formula is C5H11N3O4. The quantitative estimate of drug-likeness (QED) is 0.230. The summed E-state index contributed by atoms with van der Waals surface area (Å²) in [7, 11) is 0. The number of aliphatic carboxylic acids is 1. The Morgan fingerprint density at radius 3 is 1.83 bits per heavy atom. The van der Waals surface area contributed by atoms with E-state index in [2.05, 4.69) is 4.99 Å². The molecule has 12 heavy (non-hydrogen) atoms. The number of carboxylic acid groups (broad SMARTS) is 1. The van der Waals surface area contributed by atoms with Gasteiger partial charge in [-0.1, -0.05) is 0 Å². The summed E-state index contributed by atoms with van der Waals surface area (Å²) < 4.78 is 0. The minimum Gasteiger partial charge on any atom is -0.479 e. The van der Waals surface area contributed by atoms with Gasteiger partial charge >= 0.3 is 5.97 Å². The van der Waals surface area contributed by atoms with E-state index < -0.39 is 30.7 Å². The molecule has 0 aromatic heterocycles. The number of aliphatic hydroxyl groups excluding tert-OH is 2. The Morgan fingerprint density at radius 1 is 1.33 bits per heavy atom. The standard InChI is InChI=1S/C5H11N3O4/c6-4(7)8-5(1-9,2-10)3(11)12/h9-10H,1-2H2,(H,11,12)(H4,6,7,8). The molecule has 7 heteroatoms. The van der Waals surface area contributed by atoms with Gasteiger partial charge in [0.15, 0.2) is 5.96 Å². The summed E-state index contributed by atoms with van der Waals surface area (Å²) in [6, 6.07) is 0. The predicted octanol–water partition coefficient (Wildman–Crippen LogP) is -2.93. The van der Waals surface area contributed by atoms with Crippen molar-refractivity contribution >= 4 is 11.9 Å². The molecule has 0 saturated carbocycles. The number of nitrogens with two attached hydrogens (primary N) is 2. The van der Waals surface area contributed by atoms with Crippen molar-refractivity contribution < 1.29 is 20.1 Å². The van der Waals surface area contributed by atoms with Gasteiger partial charge in [0.25, 0.3) is 0 Å². The van der Waals surface area contributed by atoms with Gasteiger partial charge in [-0.3, -0.25) is 0 Å². The largest absolute Gasteiger partial charge is 0.479 e. The zero-order valence-corrected chi connectivity index (χ0v) is 6.27. The van der Waals surface area contributed by atoms with E-state index in [1.54, 1.807) is 0 Å². The van der Waals surface area contributed by atoms with E-state index in [9.17, 15) is 4.79 Å². The van der Waals surface area contributed by atoms with E-state index in [1.165, 1.54) is 0 Å². The number of guanidine groups is 1. The van der Waals surface area contributed by atoms with Gasteiger partial charge in [-0.25, -0.2) is 9.79 Å². The van der Waals surface area contributed by atoms with Crippen LogP contribution in [0.25, 0.3) is 0 Å². The Hall–Kier alpha value is -1.34. The molecule has 7 N–H and O–H groups in total. The SMILES string of the molecule is NC(N)=NC(CO)(CO)C(=O)O. The van der Waals surface area contributed by atoms with Crippen molar-refractivity contribution in [2.24, 2.45) is 16.5 Å². The van der Waals surface area contributed by atoms with Gasteiger partial charge in [-0.2, -0.15) is 0 Å². The second kappa shape index (κ2) is 3.88. The van der Waals surface area contributed by atoms with Crippen molar-refractivity contribution in [2.45, 2.75) is 5.54 Å². The number of aliphatic imine (C=N–C) groups is 1. The summed E-state index contributed by atoms with van der Waals surface area (Å²) in [6.45, 7) is -1.73. The number of aliphatic hydroxyl groups is 2. The van der Waals surface area contributed by atoms with Crippen LogP contribution in [0.2, 0.25) is 0 Å². The minimum absolute atomic E-state index is 0.500. The van der Waals surface area contributed by atoms with Crippen molar-refractivity contribution in [3.05, 3.63) is 0 Å². The van der Waals surface area contributed by atoms with Crippen molar-refractivity contribution in [3.8, 4) is 0 Å². The lowest BCUT2D eigenvalue weighted by Crippen LogP contribution is -2.47. The summed E-state index contributed by atoms with van der Waals surface area (Å²) in [5.41, 5.74) is 7.79. The lowest BCUT2D eigenvalue weighted by molar-refractivity contribution is -0.146. The second-order valence-electron chi connectivity index (χ2n) is 2.19. The van der Waals surface area contributed by atoms with Crippen molar-refractivity contribution in [1.29, 1.82) is 0 Å². The lowest BCUT2D eigenvalue weighted by Gasteiger charge is -2.19. The zero-order valence-electron chi connectivity index (χ0n) is 6.27. The van der Waals surface area contributed by atoms with Gasteiger partial charge in [-0.05, 0) is 0 Å². The number of rotatable bonds is 4. The van der Waals surface area contributed by atoms with Crippen LogP contribution in [0, 0.1) is 0 Å². The van der Waals surface area contributed by atoms with Crippen LogP contribution >= 0.6 is 0 Å². The smallest absolute Gasteiger partial charge is 0.336 e. The van der Waals surface area contributed by atoms with Gasteiger partial charge in [0, 0.05) is 0 Å². The molecule has 0 aliphatic carbocycles. The van der Waals surface area contributed by atoms with E-state index in [-0.39, 0.29) is 0 Å². The maximum absolute atomic E-state index is 10.5. The Kier molecular flexibility index (Phi) is 3.45. The maximum Gasteiger partial charge on any atom is 0.336 e.